The number of aromatic nitrogens is 3. The zero-order valence-corrected chi connectivity index (χ0v) is 16.3. The van der Waals surface area contributed by atoms with Crippen molar-refractivity contribution in [1.82, 2.24) is 15.0 Å². The van der Waals surface area contributed by atoms with Crippen LogP contribution in [0.1, 0.15) is 51.5 Å². The van der Waals surface area contributed by atoms with E-state index in [4.69, 9.17) is 4.74 Å². The van der Waals surface area contributed by atoms with Crippen LogP contribution in [0.2, 0.25) is 0 Å². The van der Waals surface area contributed by atoms with Gasteiger partial charge in [0.05, 0.1) is 11.5 Å². The molecule has 136 valence electrons. The second-order valence-corrected chi connectivity index (χ2v) is 9.16. The minimum atomic E-state index is -0.470. The molecule has 0 aromatic carbocycles. The van der Waals surface area contributed by atoms with E-state index in [2.05, 4.69) is 31.1 Å². The minimum absolute atomic E-state index is 0.199. The number of fused-ring (bicyclic) bond motifs is 3. The lowest BCUT2D eigenvalue weighted by molar-refractivity contribution is -0.148. The Morgan fingerprint density at radius 3 is 2.76 bits per heavy atom. The van der Waals surface area contributed by atoms with Gasteiger partial charge < -0.3 is 4.74 Å². The molecular formula is C18H25N3O3S. The number of nitrogens with zero attached hydrogens (tertiary/aromatic N) is 3. The first kappa shape index (κ1) is 18.0. The largest absolute Gasteiger partial charge is 0.462 e. The highest BCUT2D eigenvalue weighted by atomic mass is 32.1. The molecule has 0 N–H and O–H groups in total. The van der Waals surface area contributed by atoms with Gasteiger partial charge in [0.1, 0.15) is 6.54 Å². The van der Waals surface area contributed by atoms with Crippen molar-refractivity contribution in [3.63, 3.8) is 0 Å². The highest BCUT2D eigenvalue weighted by Crippen LogP contribution is 2.41. The highest BCUT2D eigenvalue weighted by Gasteiger charge is 2.32. The smallest absolute Gasteiger partial charge is 0.328 e. The fraction of sp³-hybridized carbons (Fsp3) is 0.667. The Labute approximate surface area is 151 Å². The molecule has 2 heterocycles. The summed E-state index contributed by atoms with van der Waals surface area (Å²) in [4.78, 5) is 26.6. The Balaban J connectivity index is 1.95. The summed E-state index contributed by atoms with van der Waals surface area (Å²) in [6, 6.07) is 0. The Bertz CT molecular complexity index is 861. The van der Waals surface area contributed by atoms with Gasteiger partial charge in [0.2, 0.25) is 0 Å². The first-order chi connectivity index (χ1) is 11.7. The third-order valence-corrected chi connectivity index (χ3v) is 5.95. The average molecular weight is 363 g/mol. The number of hydrogen-bond donors (Lipinski definition) is 0. The molecule has 2 aromatic rings. The van der Waals surface area contributed by atoms with Crippen molar-refractivity contribution in [3.8, 4) is 0 Å². The molecule has 0 fully saturated rings. The fourth-order valence-electron chi connectivity index (χ4n) is 3.39. The van der Waals surface area contributed by atoms with E-state index in [1.807, 2.05) is 0 Å². The van der Waals surface area contributed by atoms with Crippen LogP contribution in [0, 0.1) is 11.3 Å². The van der Waals surface area contributed by atoms with E-state index in [1.54, 1.807) is 25.2 Å². The van der Waals surface area contributed by atoms with Gasteiger partial charge in [0, 0.05) is 4.88 Å². The third kappa shape index (κ3) is 3.61. The molecule has 0 radical (unpaired) electrons. The van der Waals surface area contributed by atoms with Gasteiger partial charge in [-0.2, -0.15) is 4.68 Å². The van der Waals surface area contributed by atoms with E-state index in [1.165, 1.54) is 4.88 Å². The van der Waals surface area contributed by atoms with Crippen LogP contribution in [0.3, 0.4) is 0 Å². The lowest BCUT2D eigenvalue weighted by atomic mass is 9.72. The summed E-state index contributed by atoms with van der Waals surface area (Å²) in [7, 11) is 0. The maximum Gasteiger partial charge on any atom is 0.328 e. The molecule has 0 amide bonds. The summed E-state index contributed by atoms with van der Waals surface area (Å²) in [5, 5.41) is 8.76. The molecule has 7 heteroatoms. The zero-order valence-electron chi connectivity index (χ0n) is 15.5. The lowest BCUT2D eigenvalue weighted by Gasteiger charge is -2.33. The van der Waals surface area contributed by atoms with Gasteiger partial charge in [-0.05, 0) is 50.0 Å². The van der Waals surface area contributed by atoms with Gasteiger partial charge in [0.25, 0.3) is 5.56 Å². The lowest BCUT2D eigenvalue weighted by Crippen LogP contribution is -2.30. The van der Waals surface area contributed by atoms with Gasteiger partial charge in [-0.25, -0.2) is 0 Å². The summed E-state index contributed by atoms with van der Waals surface area (Å²) in [6.07, 6.45) is 2.71. The number of hydrogen-bond acceptors (Lipinski definition) is 6. The second kappa shape index (κ2) is 6.52. The number of carbonyl (C=O) groups excluding carboxylic acids is 1. The summed E-state index contributed by atoms with van der Waals surface area (Å²) in [5.74, 6) is 0.131. The zero-order chi connectivity index (χ0) is 18.4. The van der Waals surface area contributed by atoms with Crippen molar-refractivity contribution >= 4 is 27.5 Å². The Morgan fingerprint density at radius 2 is 2.12 bits per heavy atom. The molecular weight excluding hydrogens is 338 g/mol. The number of carbonyl (C=O) groups is 1. The first-order valence-electron chi connectivity index (χ1n) is 8.74. The standard InChI is InChI=1S/C18H25N3O3S/c1-10(2)24-14(22)9-21-17(23)15-12-7-6-11(18(3,4)5)8-13(12)25-16(15)19-20-21/h10-11H,6-9H2,1-5H3/t11-/m0/s1. The van der Waals surface area contributed by atoms with E-state index in [0.717, 1.165) is 29.5 Å². The quantitative estimate of drug-likeness (QED) is 0.784. The van der Waals surface area contributed by atoms with Crippen LogP contribution in [0.15, 0.2) is 4.79 Å². The van der Waals surface area contributed by atoms with Crippen LogP contribution in [-0.4, -0.2) is 27.1 Å². The molecule has 25 heavy (non-hydrogen) atoms. The average Bonchev–Trinajstić information content (AvgIpc) is 2.86. The predicted molar refractivity (Wildman–Crippen MR) is 97.9 cm³/mol. The fourth-order valence-corrected chi connectivity index (χ4v) is 4.63. The van der Waals surface area contributed by atoms with Crippen LogP contribution in [0.25, 0.3) is 10.2 Å². The van der Waals surface area contributed by atoms with E-state index in [9.17, 15) is 9.59 Å². The molecule has 1 atom stereocenters. The topological polar surface area (TPSA) is 74.1 Å². The van der Waals surface area contributed by atoms with Crippen LogP contribution in [-0.2, 0) is 28.9 Å². The van der Waals surface area contributed by atoms with Crippen molar-refractivity contribution in [1.29, 1.82) is 0 Å². The van der Waals surface area contributed by atoms with Crippen LogP contribution in [0.5, 0.6) is 0 Å². The highest BCUT2D eigenvalue weighted by molar-refractivity contribution is 7.18. The van der Waals surface area contributed by atoms with Crippen molar-refractivity contribution in [2.45, 2.75) is 66.5 Å². The first-order valence-corrected chi connectivity index (χ1v) is 9.56. The number of rotatable bonds is 3. The molecule has 0 aliphatic heterocycles. The molecule has 1 aliphatic carbocycles. The Hall–Kier alpha value is -1.76. The van der Waals surface area contributed by atoms with Gasteiger partial charge in [0.15, 0.2) is 4.83 Å². The molecule has 2 aromatic heterocycles. The van der Waals surface area contributed by atoms with E-state index >= 15 is 0 Å². The van der Waals surface area contributed by atoms with Crippen LogP contribution >= 0.6 is 11.3 Å². The van der Waals surface area contributed by atoms with Gasteiger partial charge >= 0.3 is 5.97 Å². The van der Waals surface area contributed by atoms with Gasteiger partial charge in [-0.1, -0.05) is 26.0 Å². The predicted octanol–water partition coefficient (Wildman–Crippen LogP) is 2.96. The number of esters is 1. The third-order valence-electron chi connectivity index (χ3n) is 4.81. The molecule has 1 aliphatic rings. The molecule has 0 saturated heterocycles. The molecule has 0 unspecified atom stereocenters. The second-order valence-electron chi connectivity index (χ2n) is 8.08. The molecule has 3 rings (SSSR count). The van der Waals surface area contributed by atoms with Gasteiger partial charge in [-0.3, -0.25) is 9.59 Å². The maximum absolute atomic E-state index is 12.8. The summed E-state index contributed by atoms with van der Waals surface area (Å²) < 4.78 is 6.22. The maximum atomic E-state index is 12.8. The van der Waals surface area contributed by atoms with Crippen LogP contribution < -0.4 is 5.56 Å². The summed E-state index contributed by atoms with van der Waals surface area (Å²) in [6.45, 7) is 10.2. The molecule has 0 spiro atoms. The van der Waals surface area contributed by atoms with E-state index in [0.29, 0.717) is 16.1 Å². The molecule has 6 nitrogen and oxygen atoms in total. The van der Waals surface area contributed by atoms with Crippen LogP contribution in [0.4, 0.5) is 0 Å². The number of aryl methyl sites for hydroxylation is 1. The van der Waals surface area contributed by atoms with E-state index < -0.39 is 5.97 Å². The van der Waals surface area contributed by atoms with Crippen molar-refractivity contribution in [3.05, 3.63) is 20.8 Å². The van der Waals surface area contributed by atoms with Gasteiger partial charge in [-0.15, -0.1) is 16.4 Å². The monoisotopic (exact) mass is 363 g/mol. The normalized spacial score (nSPS) is 17.8. The summed E-state index contributed by atoms with van der Waals surface area (Å²) >= 11 is 1.57. The minimum Gasteiger partial charge on any atom is -0.462 e. The SMILES string of the molecule is CC(C)OC(=O)Cn1nnc2sc3c(c2c1=O)CC[C@H](C(C)(C)C)C3. The van der Waals surface area contributed by atoms with Crippen molar-refractivity contribution in [2.75, 3.05) is 0 Å². The van der Waals surface area contributed by atoms with Crippen molar-refractivity contribution < 1.29 is 9.53 Å². The number of thiophene rings is 1. The Kier molecular flexibility index (Phi) is 4.70. The number of ether oxygens (including phenoxy) is 1. The Morgan fingerprint density at radius 1 is 1.40 bits per heavy atom. The van der Waals surface area contributed by atoms with E-state index in [-0.39, 0.29) is 23.6 Å². The molecule has 0 saturated carbocycles. The molecule has 0 bridgehead atoms. The van der Waals surface area contributed by atoms with Crippen molar-refractivity contribution in [2.24, 2.45) is 11.3 Å². The summed E-state index contributed by atoms with van der Waals surface area (Å²) in [5.41, 5.74) is 1.11.